The molecule has 1 aromatic carbocycles. The third-order valence-electron chi connectivity index (χ3n) is 4.07. The molecule has 0 unspecified atom stereocenters. The Balaban J connectivity index is 1.79. The predicted octanol–water partition coefficient (Wildman–Crippen LogP) is 4.00. The molecule has 0 aliphatic heterocycles. The summed E-state index contributed by atoms with van der Waals surface area (Å²) in [7, 11) is 0. The lowest BCUT2D eigenvalue weighted by Gasteiger charge is -2.16. The summed E-state index contributed by atoms with van der Waals surface area (Å²) in [4.78, 5) is 15.9. The molecule has 0 saturated heterocycles. The summed E-state index contributed by atoms with van der Waals surface area (Å²) < 4.78 is 5.24. The topological polar surface area (TPSA) is 70.9 Å². The second kappa shape index (κ2) is 5.82. The van der Waals surface area contributed by atoms with Gasteiger partial charge in [0.1, 0.15) is 17.0 Å². The molecule has 1 amide bonds. The van der Waals surface area contributed by atoms with Gasteiger partial charge in [-0.25, -0.2) is 0 Å². The van der Waals surface area contributed by atoms with Crippen LogP contribution in [-0.2, 0) is 12.0 Å². The summed E-state index contributed by atoms with van der Waals surface area (Å²) in [6, 6.07) is 8.24. The fourth-order valence-electron chi connectivity index (χ4n) is 2.86. The minimum atomic E-state index is -0.244. The van der Waals surface area contributed by atoms with Crippen molar-refractivity contribution >= 4 is 16.8 Å². The molecule has 0 fully saturated rings. The van der Waals surface area contributed by atoms with Crippen LogP contribution in [0.2, 0.25) is 0 Å². The Kier molecular flexibility index (Phi) is 3.95. The molecule has 0 saturated carbocycles. The van der Waals surface area contributed by atoms with E-state index in [1.165, 1.54) is 0 Å². The number of rotatable bonds is 3. The monoisotopic (exact) mass is 325 g/mol. The number of aromatic amines is 1. The smallest absolute Gasteiger partial charge is 0.257 e. The first-order valence-corrected chi connectivity index (χ1v) is 8.09. The number of benzene rings is 1. The summed E-state index contributed by atoms with van der Waals surface area (Å²) in [6.07, 6.45) is 0. The van der Waals surface area contributed by atoms with Crippen LogP contribution in [-0.4, -0.2) is 16.0 Å². The van der Waals surface area contributed by atoms with Crippen LogP contribution in [0.25, 0.3) is 10.9 Å². The van der Waals surface area contributed by atoms with Crippen LogP contribution in [0, 0.1) is 13.8 Å². The van der Waals surface area contributed by atoms with Crippen molar-refractivity contribution in [1.82, 2.24) is 15.5 Å². The van der Waals surface area contributed by atoms with Gasteiger partial charge in [0.25, 0.3) is 5.91 Å². The fourth-order valence-corrected chi connectivity index (χ4v) is 2.86. The van der Waals surface area contributed by atoms with Crippen LogP contribution >= 0.6 is 0 Å². The number of aryl methyl sites for hydroxylation is 2. The average Bonchev–Trinajstić information content (AvgIpc) is 3.05. The Hall–Kier alpha value is -2.56. The molecule has 0 bridgehead atoms. The van der Waals surface area contributed by atoms with E-state index in [1.807, 2.05) is 39.8 Å². The molecule has 0 spiro atoms. The Labute approximate surface area is 141 Å². The molecule has 5 heteroatoms. The second-order valence-electron chi connectivity index (χ2n) is 7.27. The molecule has 5 nitrogen and oxygen atoms in total. The van der Waals surface area contributed by atoms with Crippen molar-refractivity contribution in [2.75, 3.05) is 0 Å². The highest BCUT2D eigenvalue weighted by molar-refractivity contribution is 5.96. The van der Waals surface area contributed by atoms with E-state index in [0.717, 1.165) is 22.2 Å². The van der Waals surface area contributed by atoms with Crippen molar-refractivity contribution in [3.05, 3.63) is 52.5 Å². The Bertz CT molecular complexity index is 897. The van der Waals surface area contributed by atoms with Crippen LogP contribution in [0.5, 0.6) is 0 Å². The maximum atomic E-state index is 12.6. The first-order valence-electron chi connectivity index (χ1n) is 8.09. The summed E-state index contributed by atoms with van der Waals surface area (Å²) in [6.45, 7) is 10.3. The van der Waals surface area contributed by atoms with Crippen LogP contribution < -0.4 is 5.32 Å². The Morgan fingerprint density at radius 1 is 1.25 bits per heavy atom. The standard InChI is InChI=1S/C19H23N3O2/c1-11-8-14-9-13(6-7-15(14)21-11)10-20-18(23)16-12(2)24-22-17(16)19(3,4)5/h6-9,21H,10H2,1-5H3,(H,20,23). The van der Waals surface area contributed by atoms with Gasteiger partial charge in [0.2, 0.25) is 0 Å². The van der Waals surface area contributed by atoms with Gasteiger partial charge in [-0.05, 0) is 43.0 Å². The van der Waals surface area contributed by atoms with Gasteiger partial charge in [-0.3, -0.25) is 4.79 Å². The number of aromatic nitrogens is 2. The van der Waals surface area contributed by atoms with Crippen molar-refractivity contribution in [1.29, 1.82) is 0 Å². The molecule has 3 rings (SSSR count). The first-order chi connectivity index (χ1) is 11.3. The van der Waals surface area contributed by atoms with E-state index in [1.54, 1.807) is 6.92 Å². The number of nitrogens with one attached hydrogen (secondary N) is 2. The molecule has 0 radical (unpaired) electrons. The van der Waals surface area contributed by atoms with Gasteiger partial charge >= 0.3 is 0 Å². The fraction of sp³-hybridized carbons (Fsp3) is 0.368. The van der Waals surface area contributed by atoms with Crippen LogP contribution in [0.3, 0.4) is 0 Å². The number of carbonyl (C=O) groups is 1. The van der Waals surface area contributed by atoms with E-state index in [0.29, 0.717) is 23.6 Å². The highest BCUT2D eigenvalue weighted by Gasteiger charge is 2.28. The molecule has 2 aromatic heterocycles. The minimum Gasteiger partial charge on any atom is -0.361 e. The van der Waals surface area contributed by atoms with Crippen molar-refractivity contribution in [3.8, 4) is 0 Å². The number of carbonyl (C=O) groups excluding carboxylic acids is 1. The molecule has 0 atom stereocenters. The number of H-pyrrole nitrogens is 1. The van der Waals surface area contributed by atoms with Gasteiger partial charge in [-0.1, -0.05) is 32.0 Å². The van der Waals surface area contributed by atoms with Crippen LogP contribution in [0.4, 0.5) is 0 Å². The van der Waals surface area contributed by atoms with Crippen molar-refractivity contribution in [2.45, 2.75) is 46.6 Å². The summed E-state index contributed by atoms with van der Waals surface area (Å²) in [5.74, 6) is 0.401. The Morgan fingerprint density at radius 2 is 2.00 bits per heavy atom. The van der Waals surface area contributed by atoms with Crippen LogP contribution in [0.15, 0.2) is 28.8 Å². The Morgan fingerprint density at radius 3 is 2.71 bits per heavy atom. The first kappa shape index (κ1) is 16.3. The molecular formula is C19H23N3O2. The summed E-state index contributed by atoms with van der Waals surface area (Å²) in [5, 5.41) is 8.19. The predicted molar refractivity (Wildman–Crippen MR) is 94.1 cm³/mol. The molecule has 3 aromatic rings. The number of fused-ring (bicyclic) bond motifs is 1. The lowest BCUT2D eigenvalue weighted by atomic mass is 9.88. The van der Waals surface area contributed by atoms with Crippen molar-refractivity contribution < 1.29 is 9.32 Å². The molecule has 126 valence electrons. The molecular weight excluding hydrogens is 302 g/mol. The van der Waals surface area contributed by atoms with E-state index < -0.39 is 0 Å². The zero-order valence-corrected chi connectivity index (χ0v) is 14.8. The quantitative estimate of drug-likeness (QED) is 0.764. The SMILES string of the molecule is Cc1cc2cc(CNC(=O)c3c(C(C)(C)C)noc3C)ccc2[nH]1. The van der Waals surface area contributed by atoms with E-state index in [-0.39, 0.29) is 11.3 Å². The number of nitrogens with zero attached hydrogens (tertiary/aromatic N) is 1. The second-order valence-corrected chi connectivity index (χ2v) is 7.27. The number of amides is 1. The normalized spacial score (nSPS) is 11.9. The zero-order chi connectivity index (χ0) is 17.5. The minimum absolute atomic E-state index is 0.149. The molecule has 0 aliphatic rings. The van der Waals surface area contributed by atoms with Crippen molar-refractivity contribution in [3.63, 3.8) is 0 Å². The van der Waals surface area contributed by atoms with Gasteiger partial charge in [0.05, 0.1) is 0 Å². The third kappa shape index (κ3) is 3.07. The molecule has 2 heterocycles. The molecule has 24 heavy (non-hydrogen) atoms. The number of hydrogen-bond acceptors (Lipinski definition) is 3. The lowest BCUT2D eigenvalue weighted by Crippen LogP contribution is -2.27. The third-order valence-corrected chi connectivity index (χ3v) is 4.07. The van der Waals surface area contributed by atoms with Gasteiger partial charge < -0.3 is 14.8 Å². The maximum Gasteiger partial charge on any atom is 0.257 e. The lowest BCUT2D eigenvalue weighted by molar-refractivity contribution is 0.0947. The van der Waals surface area contributed by atoms with E-state index in [9.17, 15) is 4.79 Å². The van der Waals surface area contributed by atoms with Gasteiger partial charge in [-0.15, -0.1) is 0 Å². The van der Waals surface area contributed by atoms with Gasteiger partial charge in [0.15, 0.2) is 0 Å². The van der Waals surface area contributed by atoms with Gasteiger partial charge in [-0.2, -0.15) is 0 Å². The average molecular weight is 325 g/mol. The van der Waals surface area contributed by atoms with E-state index in [4.69, 9.17) is 4.52 Å². The maximum absolute atomic E-state index is 12.6. The summed E-state index contributed by atoms with van der Waals surface area (Å²) >= 11 is 0. The van der Waals surface area contributed by atoms with E-state index >= 15 is 0 Å². The molecule has 0 aliphatic carbocycles. The molecule has 2 N–H and O–H groups in total. The highest BCUT2D eigenvalue weighted by Crippen LogP contribution is 2.27. The van der Waals surface area contributed by atoms with Gasteiger partial charge in [0, 0.05) is 23.2 Å². The number of hydrogen-bond donors (Lipinski definition) is 2. The highest BCUT2D eigenvalue weighted by atomic mass is 16.5. The van der Waals surface area contributed by atoms with Crippen molar-refractivity contribution in [2.24, 2.45) is 0 Å². The van der Waals surface area contributed by atoms with E-state index in [2.05, 4.69) is 27.6 Å². The zero-order valence-electron chi connectivity index (χ0n) is 14.8. The largest absolute Gasteiger partial charge is 0.361 e. The van der Waals surface area contributed by atoms with Crippen LogP contribution in [0.1, 0.15) is 53.8 Å². The summed E-state index contributed by atoms with van der Waals surface area (Å²) in [5.41, 5.74) is 4.27.